The van der Waals surface area contributed by atoms with Gasteiger partial charge in [-0.15, -0.1) is 0 Å². The number of nitrogens with zero attached hydrogens (tertiary/aromatic N) is 1. The van der Waals surface area contributed by atoms with E-state index in [1.165, 1.54) is 6.42 Å². The number of carbonyl (C=O) groups excluding carboxylic acids is 1. The SMILES string of the molecule is CC1CC(C)CN(C(=O)/C=C/c2ccc(Cl)c(Cl)c2)C1. The maximum atomic E-state index is 12.2. The molecule has 1 fully saturated rings. The van der Waals surface area contributed by atoms with Gasteiger partial charge in [0.15, 0.2) is 0 Å². The highest BCUT2D eigenvalue weighted by molar-refractivity contribution is 6.42. The Hall–Kier alpha value is -0.990. The second-order valence-corrected chi connectivity index (χ2v) is 6.51. The fourth-order valence-corrected chi connectivity index (χ4v) is 3.04. The normalized spacial score (nSPS) is 23.3. The van der Waals surface area contributed by atoms with Crippen molar-refractivity contribution in [1.82, 2.24) is 4.90 Å². The molecule has 1 aromatic rings. The molecular weight excluding hydrogens is 293 g/mol. The molecule has 1 aliphatic heterocycles. The van der Waals surface area contributed by atoms with Gasteiger partial charge >= 0.3 is 0 Å². The lowest BCUT2D eigenvalue weighted by atomic mass is 9.92. The van der Waals surface area contributed by atoms with Gasteiger partial charge in [-0.1, -0.05) is 43.1 Å². The molecule has 0 aromatic heterocycles. The van der Waals surface area contributed by atoms with Crippen LogP contribution in [0.25, 0.3) is 6.08 Å². The summed E-state index contributed by atoms with van der Waals surface area (Å²) in [6.07, 6.45) is 4.60. The van der Waals surface area contributed by atoms with E-state index in [4.69, 9.17) is 23.2 Å². The highest BCUT2D eigenvalue weighted by Crippen LogP contribution is 2.24. The lowest BCUT2D eigenvalue weighted by Gasteiger charge is -2.34. The monoisotopic (exact) mass is 311 g/mol. The Bertz CT molecular complexity index is 517. The Balaban J connectivity index is 2.03. The van der Waals surface area contributed by atoms with E-state index in [0.29, 0.717) is 21.9 Å². The van der Waals surface area contributed by atoms with E-state index in [9.17, 15) is 4.79 Å². The molecule has 0 saturated carbocycles. The van der Waals surface area contributed by atoms with E-state index < -0.39 is 0 Å². The molecule has 0 radical (unpaired) electrons. The molecule has 4 heteroatoms. The van der Waals surface area contributed by atoms with Crippen LogP contribution >= 0.6 is 23.2 Å². The molecule has 1 aliphatic rings. The van der Waals surface area contributed by atoms with Crippen molar-refractivity contribution < 1.29 is 4.79 Å². The molecule has 2 rings (SSSR count). The van der Waals surface area contributed by atoms with Crippen LogP contribution in [-0.4, -0.2) is 23.9 Å². The summed E-state index contributed by atoms with van der Waals surface area (Å²) in [6, 6.07) is 5.34. The van der Waals surface area contributed by atoms with Crippen LogP contribution in [0.3, 0.4) is 0 Å². The molecule has 0 aliphatic carbocycles. The number of halogens is 2. The van der Waals surface area contributed by atoms with E-state index in [2.05, 4.69) is 13.8 Å². The molecule has 2 atom stereocenters. The summed E-state index contributed by atoms with van der Waals surface area (Å²) in [5.41, 5.74) is 0.880. The van der Waals surface area contributed by atoms with Crippen LogP contribution in [-0.2, 0) is 4.79 Å². The number of rotatable bonds is 2. The standard InChI is InChI=1S/C16H19Cl2NO/c1-11-7-12(2)10-19(9-11)16(20)6-4-13-3-5-14(17)15(18)8-13/h3-6,8,11-12H,7,9-10H2,1-2H3/b6-4+. The summed E-state index contributed by atoms with van der Waals surface area (Å²) in [4.78, 5) is 14.1. The second kappa shape index (κ2) is 6.64. The molecule has 1 saturated heterocycles. The van der Waals surface area contributed by atoms with Crippen molar-refractivity contribution >= 4 is 35.2 Å². The third kappa shape index (κ3) is 4.00. The van der Waals surface area contributed by atoms with Crippen molar-refractivity contribution in [2.45, 2.75) is 20.3 Å². The topological polar surface area (TPSA) is 20.3 Å². The van der Waals surface area contributed by atoms with Crippen LogP contribution in [0.15, 0.2) is 24.3 Å². The van der Waals surface area contributed by atoms with Gasteiger partial charge in [0.2, 0.25) is 5.91 Å². The molecular formula is C16H19Cl2NO. The Morgan fingerprint density at radius 2 is 1.85 bits per heavy atom. The number of hydrogen-bond acceptors (Lipinski definition) is 1. The average molecular weight is 312 g/mol. The zero-order valence-corrected chi connectivity index (χ0v) is 13.3. The molecule has 0 N–H and O–H groups in total. The minimum Gasteiger partial charge on any atom is -0.339 e. The first-order valence-corrected chi connectivity index (χ1v) is 7.63. The Kier molecular flexibility index (Phi) is 5.11. The fourth-order valence-electron chi connectivity index (χ4n) is 2.73. The summed E-state index contributed by atoms with van der Waals surface area (Å²) < 4.78 is 0. The molecule has 0 bridgehead atoms. The average Bonchev–Trinajstić information content (AvgIpc) is 2.38. The van der Waals surface area contributed by atoms with E-state index >= 15 is 0 Å². The third-order valence-corrected chi connectivity index (χ3v) is 4.28. The summed E-state index contributed by atoms with van der Waals surface area (Å²) in [7, 11) is 0. The number of hydrogen-bond donors (Lipinski definition) is 0. The summed E-state index contributed by atoms with van der Waals surface area (Å²) >= 11 is 11.8. The summed E-state index contributed by atoms with van der Waals surface area (Å²) in [5, 5.41) is 1.02. The first-order valence-electron chi connectivity index (χ1n) is 6.87. The van der Waals surface area contributed by atoms with Crippen LogP contribution in [0, 0.1) is 11.8 Å². The van der Waals surface area contributed by atoms with Crippen molar-refractivity contribution in [3.8, 4) is 0 Å². The van der Waals surface area contributed by atoms with Gasteiger partial charge in [0.1, 0.15) is 0 Å². The quantitative estimate of drug-likeness (QED) is 0.736. The van der Waals surface area contributed by atoms with Gasteiger partial charge in [-0.05, 0) is 42.0 Å². The maximum Gasteiger partial charge on any atom is 0.246 e. The molecule has 2 unspecified atom stereocenters. The van der Waals surface area contributed by atoms with Gasteiger partial charge < -0.3 is 4.90 Å². The van der Waals surface area contributed by atoms with Crippen LogP contribution in [0.1, 0.15) is 25.8 Å². The molecule has 1 heterocycles. The Morgan fingerprint density at radius 3 is 2.45 bits per heavy atom. The van der Waals surface area contributed by atoms with Crippen LogP contribution < -0.4 is 0 Å². The van der Waals surface area contributed by atoms with Crippen molar-refractivity contribution in [3.63, 3.8) is 0 Å². The van der Waals surface area contributed by atoms with Gasteiger partial charge in [-0.2, -0.15) is 0 Å². The van der Waals surface area contributed by atoms with Crippen molar-refractivity contribution in [2.75, 3.05) is 13.1 Å². The van der Waals surface area contributed by atoms with Crippen LogP contribution in [0.5, 0.6) is 0 Å². The summed E-state index contributed by atoms with van der Waals surface area (Å²) in [5.74, 6) is 1.21. The Labute approximate surface area is 130 Å². The van der Waals surface area contributed by atoms with Crippen molar-refractivity contribution in [2.24, 2.45) is 11.8 Å². The largest absolute Gasteiger partial charge is 0.339 e. The molecule has 108 valence electrons. The van der Waals surface area contributed by atoms with E-state index in [-0.39, 0.29) is 5.91 Å². The fraction of sp³-hybridized carbons (Fsp3) is 0.438. The highest BCUT2D eigenvalue weighted by Gasteiger charge is 2.23. The minimum absolute atomic E-state index is 0.0643. The lowest BCUT2D eigenvalue weighted by molar-refractivity contribution is -0.128. The minimum atomic E-state index is 0.0643. The van der Waals surface area contributed by atoms with Gasteiger partial charge in [-0.25, -0.2) is 0 Å². The van der Waals surface area contributed by atoms with Crippen molar-refractivity contribution in [1.29, 1.82) is 0 Å². The maximum absolute atomic E-state index is 12.2. The number of benzene rings is 1. The molecule has 2 nitrogen and oxygen atoms in total. The zero-order chi connectivity index (χ0) is 14.7. The molecule has 1 amide bonds. The lowest BCUT2D eigenvalue weighted by Crippen LogP contribution is -2.41. The van der Waals surface area contributed by atoms with E-state index in [1.807, 2.05) is 11.0 Å². The molecule has 0 spiro atoms. The smallest absolute Gasteiger partial charge is 0.246 e. The summed E-state index contributed by atoms with van der Waals surface area (Å²) in [6.45, 7) is 6.07. The number of carbonyl (C=O) groups is 1. The highest BCUT2D eigenvalue weighted by atomic mass is 35.5. The Morgan fingerprint density at radius 1 is 1.20 bits per heavy atom. The van der Waals surface area contributed by atoms with Crippen LogP contribution in [0.2, 0.25) is 10.0 Å². The number of likely N-dealkylation sites (tertiary alicyclic amines) is 1. The van der Waals surface area contributed by atoms with Gasteiger partial charge in [0, 0.05) is 19.2 Å². The predicted octanol–water partition coefficient (Wildman–Crippen LogP) is 4.51. The number of piperidine rings is 1. The first kappa shape index (κ1) is 15.4. The van der Waals surface area contributed by atoms with E-state index in [0.717, 1.165) is 18.7 Å². The van der Waals surface area contributed by atoms with Crippen LogP contribution in [0.4, 0.5) is 0 Å². The van der Waals surface area contributed by atoms with Crippen molar-refractivity contribution in [3.05, 3.63) is 39.9 Å². The van der Waals surface area contributed by atoms with E-state index in [1.54, 1.807) is 24.3 Å². The predicted molar refractivity (Wildman–Crippen MR) is 85.0 cm³/mol. The van der Waals surface area contributed by atoms with Gasteiger partial charge in [-0.3, -0.25) is 4.79 Å². The molecule has 1 aromatic carbocycles. The first-order chi connectivity index (χ1) is 9.45. The zero-order valence-electron chi connectivity index (χ0n) is 11.8. The van der Waals surface area contributed by atoms with Gasteiger partial charge in [0.25, 0.3) is 0 Å². The third-order valence-electron chi connectivity index (χ3n) is 3.54. The molecule has 20 heavy (non-hydrogen) atoms. The van der Waals surface area contributed by atoms with Gasteiger partial charge in [0.05, 0.1) is 10.0 Å². The number of amides is 1. The second-order valence-electron chi connectivity index (χ2n) is 5.70.